The zero-order valence-electron chi connectivity index (χ0n) is 18.1. The second kappa shape index (κ2) is 8.13. The van der Waals surface area contributed by atoms with Gasteiger partial charge >= 0.3 is 0 Å². The van der Waals surface area contributed by atoms with Crippen molar-refractivity contribution in [2.45, 2.75) is 50.5 Å². The van der Waals surface area contributed by atoms with Crippen molar-refractivity contribution in [2.24, 2.45) is 0 Å². The van der Waals surface area contributed by atoms with Gasteiger partial charge in [-0.15, -0.1) is 0 Å². The van der Waals surface area contributed by atoms with Crippen molar-refractivity contribution in [3.05, 3.63) is 42.5 Å². The molecule has 3 aromatic rings. The lowest BCUT2D eigenvalue weighted by Crippen LogP contribution is -2.54. The van der Waals surface area contributed by atoms with Gasteiger partial charge in [0.1, 0.15) is 28.6 Å². The zero-order valence-corrected chi connectivity index (χ0v) is 18.1. The molecule has 0 unspecified atom stereocenters. The van der Waals surface area contributed by atoms with Crippen LogP contribution in [-0.4, -0.2) is 56.2 Å². The monoisotopic (exact) mass is 421 g/mol. The van der Waals surface area contributed by atoms with Gasteiger partial charge in [0, 0.05) is 30.4 Å². The highest BCUT2D eigenvalue weighted by atomic mass is 16.5. The van der Waals surface area contributed by atoms with E-state index in [1.165, 1.54) is 6.42 Å². The Morgan fingerprint density at radius 2 is 2.13 bits per heavy atom. The summed E-state index contributed by atoms with van der Waals surface area (Å²) in [5.74, 6) is 2.45. The standard InChI is InChI=1S/C24H31N5O2/c1-2-3-12-31-19-7-4-6-17(13-19)20-21-22(25)26-8-11-29(21)23(27-20)18-14-24(30,15-18)16-28-9-5-10-28/h4,6-8,11,13,18,30H,2-3,5,9-10,12,14-16H2,1H3,(H2,25,26)/t18-,24-. The van der Waals surface area contributed by atoms with Gasteiger partial charge in [-0.1, -0.05) is 25.5 Å². The van der Waals surface area contributed by atoms with Crippen LogP contribution in [0.15, 0.2) is 36.7 Å². The van der Waals surface area contributed by atoms with Gasteiger partial charge in [-0.05, 0) is 50.9 Å². The van der Waals surface area contributed by atoms with Crippen LogP contribution in [0.3, 0.4) is 0 Å². The Balaban J connectivity index is 1.44. The second-order valence-electron chi connectivity index (χ2n) is 9.04. The number of nitrogens with zero attached hydrogens (tertiary/aromatic N) is 4. The third kappa shape index (κ3) is 3.88. The number of likely N-dealkylation sites (tertiary alicyclic amines) is 1. The molecule has 2 aromatic heterocycles. The second-order valence-corrected chi connectivity index (χ2v) is 9.04. The van der Waals surface area contributed by atoms with Crippen LogP contribution in [0.25, 0.3) is 16.8 Å². The first-order valence-corrected chi connectivity index (χ1v) is 11.4. The summed E-state index contributed by atoms with van der Waals surface area (Å²) < 4.78 is 7.95. The normalized spacial score (nSPS) is 23.5. The minimum Gasteiger partial charge on any atom is -0.494 e. The maximum Gasteiger partial charge on any atom is 0.150 e. The number of aromatic nitrogens is 3. The van der Waals surface area contributed by atoms with Gasteiger partial charge in [-0.25, -0.2) is 9.97 Å². The van der Waals surface area contributed by atoms with E-state index in [1.807, 2.05) is 30.5 Å². The molecule has 31 heavy (non-hydrogen) atoms. The van der Waals surface area contributed by atoms with E-state index < -0.39 is 5.60 Å². The van der Waals surface area contributed by atoms with Crippen LogP contribution >= 0.6 is 0 Å². The average molecular weight is 422 g/mol. The van der Waals surface area contributed by atoms with Crippen molar-refractivity contribution >= 4 is 11.3 Å². The molecule has 0 amide bonds. The maximum atomic E-state index is 10.9. The lowest BCUT2D eigenvalue weighted by molar-refractivity contribution is -0.0835. The highest BCUT2D eigenvalue weighted by Crippen LogP contribution is 2.46. The van der Waals surface area contributed by atoms with Gasteiger partial charge in [0.05, 0.1) is 12.2 Å². The summed E-state index contributed by atoms with van der Waals surface area (Å²) in [6.07, 6.45) is 8.46. The summed E-state index contributed by atoms with van der Waals surface area (Å²) in [6.45, 7) is 5.82. The number of hydrogen-bond acceptors (Lipinski definition) is 6. The first-order valence-electron chi connectivity index (χ1n) is 11.4. The van der Waals surface area contributed by atoms with E-state index in [9.17, 15) is 5.11 Å². The van der Waals surface area contributed by atoms with Crippen LogP contribution in [0.1, 0.15) is 50.8 Å². The van der Waals surface area contributed by atoms with E-state index in [4.69, 9.17) is 15.5 Å². The first kappa shape index (κ1) is 20.3. The summed E-state index contributed by atoms with van der Waals surface area (Å²) in [5, 5.41) is 10.9. The van der Waals surface area contributed by atoms with Crippen molar-refractivity contribution in [3.8, 4) is 17.0 Å². The number of rotatable bonds is 8. The molecular formula is C24H31N5O2. The SMILES string of the molecule is CCCCOc1cccc(-c2nc([C@H]3C[C@@](O)(CN4CCC4)C3)n3ccnc(N)c23)c1. The molecule has 1 aliphatic heterocycles. The molecule has 0 atom stereocenters. The van der Waals surface area contributed by atoms with E-state index in [2.05, 4.69) is 21.2 Å². The molecule has 1 saturated heterocycles. The minimum absolute atomic E-state index is 0.207. The molecule has 0 spiro atoms. The number of nitrogen functional groups attached to an aromatic ring is 1. The Bertz CT molecular complexity index is 1070. The Labute approximate surface area is 182 Å². The van der Waals surface area contributed by atoms with E-state index in [1.54, 1.807) is 6.20 Å². The number of benzene rings is 1. The van der Waals surface area contributed by atoms with E-state index in [0.717, 1.165) is 73.7 Å². The van der Waals surface area contributed by atoms with Gasteiger partial charge in [-0.3, -0.25) is 4.40 Å². The molecule has 3 N–H and O–H groups in total. The van der Waals surface area contributed by atoms with Gasteiger partial charge in [0.25, 0.3) is 0 Å². The molecule has 7 nitrogen and oxygen atoms in total. The van der Waals surface area contributed by atoms with Crippen LogP contribution in [0.5, 0.6) is 5.75 Å². The largest absolute Gasteiger partial charge is 0.494 e. The topological polar surface area (TPSA) is 88.9 Å². The number of ether oxygens (including phenoxy) is 1. The highest BCUT2D eigenvalue weighted by molar-refractivity contribution is 5.85. The number of imidazole rings is 1. The molecule has 0 radical (unpaired) electrons. The summed E-state index contributed by atoms with van der Waals surface area (Å²) in [7, 11) is 0. The van der Waals surface area contributed by atoms with E-state index in [0.29, 0.717) is 12.4 Å². The molecule has 0 bridgehead atoms. The number of nitrogens with two attached hydrogens (primary N) is 1. The van der Waals surface area contributed by atoms with Gasteiger partial charge < -0.3 is 20.5 Å². The van der Waals surface area contributed by atoms with Gasteiger partial charge in [0.15, 0.2) is 0 Å². The number of fused-ring (bicyclic) bond motifs is 1. The number of aliphatic hydroxyl groups is 1. The summed E-state index contributed by atoms with van der Waals surface area (Å²) in [4.78, 5) is 11.7. The predicted molar refractivity (Wildman–Crippen MR) is 121 cm³/mol. The Morgan fingerprint density at radius 1 is 1.29 bits per heavy atom. The molecule has 5 rings (SSSR count). The lowest BCUT2D eigenvalue weighted by atomic mass is 9.70. The van der Waals surface area contributed by atoms with Crippen LogP contribution in [0.4, 0.5) is 5.82 Å². The van der Waals surface area contributed by atoms with Crippen molar-refractivity contribution in [2.75, 3.05) is 32.0 Å². The smallest absolute Gasteiger partial charge is 0.150 e. The predicted octanol–water partition coefficient (Wildman–Crippen LogP) is 3.47. The summed E-state index contributed by atoms with van der Waals surface area (Å²) in [6, 6.07) is 8.02. The van der Waals surface area contributed by atoms with Gasteiger partial charge in [0.2, 0.25) is 0 Å². The fourth-order valence-corrected chi connectivity index (χ4v) is 4.77. The number of anilines is 1. The molecule has 3 heterocycles. The van der Waals surface area contributed by atoms with E-state index >= 15 is 0 Å². The molecule has 1 saturated carbocycles. The fourth-order valence-electron chi connectivity index (χ4n) is 4.77. The third-order valence-electron chi connectivity index (χ3n) is 6.57. The average Bonchev–Trinajstić information content (AvgIpc) is 3.10. The van der Waals surface area contributed by atoms with Crippen LogP contribution in [0, 0.1) is 0 Å². The molecule has 1 aromatic carbocycles. The molecule has 164 valence electrons. The molecule has 2 aliphatic rings. The van der Waals surface area contributed by atoms with Crippen LogP contribution in [-0.2, 0) is 0 Å². The highest BCUT2D eigenvalue weighted by Gasteiger charge is 2.46. The first-order chi connectivity index (χ1) is 15.1. The van der Waals surface area contributed by atoms with Crippen molar-refractivity contribution in [1.82, 2.24) is 19.3 Å². The molecule has 2 fully saturated rings. The molecule has 7 heteroatoms. The molecule has 1 aliphatic carbocycles. The Hall–Kier alpha value is -2.64. The van der Waals surface area contributed by atoms with Crippen LogP contribution < -0.4 is 10.5 Å². The molecular weight excluding hydrogens is 390 g/mol. The minimum atomic E-state index is -0.608. The summed E-state index contributed by atoms with van der Waals surface area (Å²) in [5.41, 5.74) is 8.29. The third-order valence-corrected chi connectivity index (χ3v) is 6.57. The summed E-state index contributed by atoms with van der Waals surface area (Å²) >= 11 is 0. The Morgan fingerprint density at radius 3 is 2.87 bits per heavy atom. The quantitative estimate of drug-likeness (QED) is 0.542. The number of β-amino-alcohol motifs (C(OH)–C–C–N with tert-alkyl or cyclic N) is 1. The van der Waals surface area contributed by atoms with Crippen molar-refractivity contribution in [3.63, 3.8) is 0 Å². The van der Waals surface area contributed by atoms with Crippen LogP contribution in [0.2, 0.25) is 0 Å². The van der Waals surface area contributed by atoms with E-state index in [-0.39, 0.29) is 5.92 Å². The zero-order chi connectivity index (χ0) is 21.4. The number of unbranched alkanes of at least 4 members (excludes halogenated alkanes) is 1. The fraction of sp³-hybridized carbons (Fsp3) is 0.500. The van der Waals surface area contributed by atoms with Crippen molar-refractivity contribution < 1.29 is 9.84 Å². The maximum absolute atomic E-state index is 10.9. The van der Waals surface area contributed by atoms with Gasteiger partial charge in [-0.2, -0.15) is 0 Å². The Kier molecular flexibility index (Phi) is 5.32. The number of hydrogen-bond donors (Lipinski definition) is 2. The lowest BCUT2D eigenvalue weighted by Gasteiger charge is -2.47. The van der Waals surface area contributed by atoms with Crippen molar-refractivity contribution in [1.29, 1.82) is 0 Å².